The van der Waals surface area contributed by atoms with Gasteiger partial charge in [-0.15, -0.1) is 0 Å². The first-order valence-corrected chi connectivity index (χ1v) is 12.2. The Morgan fingerprint density at radius 3 is 1.78 bits per heavy atom. The number of amides is 4. The number of carboxylic acid groups (broad SMARTS) is 1. The SMILES string of the molecule is CC(C)CC(NC(=O)C(CCCN=C(N)N)NC(=O)C(CCCCN)NC(=O)C(N)CC(N)=O)C(=O)O. The summed E-state index contributed by atoms with van der Waals surface area (Å²) >= 11 is 0. The minimum absolute atomic E-state index is 0.0111. The van der Waals surface area contributed by atoms with E-state index in [-0.39, 0.29) is 37.7 Å². The highest BCUT2D eigenvalue weighted by Gasteiger charge is 2.30. The third-order valence-electron chi connectivity index (χ3n) is 5.24. The van der Waals surface area contributed by atoms with E-state index in [2.05, 4.69) is 20.9 Å². The molecule has 0 aliphatic heterocycles. The fourth-order valence-corrected chi connectivity index (χ4v) is 3.36. The number of nitrogens with two attached hydrogens (primary N) is 5. The maximum absolute atomic E-state index is 13.1. The van der Waals surface area contributed by atoms with Crippen molar-refractivity contribution in [3.05, 3.63) is 0 Å². The van der Waals surface area contributed by atoms with E-state index < -0.39 is 60.2 Å². The lowest BCUT2D eigenvalue weighted by molar-refractivity contribution is -0.142. The first-order chi connectivity index (χ1) is 17.3. The molecule has 0 saturated heterocycles. The number of hydrogen-bond acceptors (Lipinski definition) is 8. The van der Waals surface area contributed by atoms with Crippen LogP contribution in [0.4, 0.5) is 0 Å². The molecule has 212 valence electrons. The van der Waals surface area contributed by atoms with Gasteiger partial charge >= 0.3 is 5.97 Å². The van der Waals surface area contributed by atoms with Crippen molar-refractivity contribution in [3.8, 4) is 0 Å². The molecule has 0 fully saturated rings. The quantitative estimate of drug-likeness (QED) is 0.0463. The molecule has 0 aromatic carbocycles. The van der Waals surface area contributed by atoms with Crippen LogP contribution in [0.2, 0.25) is 0 Å². The molecular weight excluding hydrogens is 486 g/mol. The van der Waals surface area contributed by atoms with E-state index in [1.54, 1.807) is 0 Å². The lowest BCUT2D eigenvalue weighted by Crippen LogP contribution is -2.57. The van der Waals surface area contributed by atoms with Gasteiger partial charge in [-0.2, -0.15) is 0 Å². The predicted octanol–water partition coefficient (Wildman–Crippen LogP) is -3.04. The maximum Gasteiger partial charge on any atom is 0.326 e. The first kappa shape index (κ1) is 33.5. The van der Waals surface area contributed by atoms with Crippen molar-refractivity contribution in [3.63, 3.8) is 0 Å². The normalized spacial score (nSPS) is 14.1. The Labute approximate surface area is 216 Å². The summed E-state index contributed by atoms with van der Waals surface area (Å²) in [5.41, 5.74) is 26.9. The van der Waals surface area contributed by atoms with Crippen LogP contribution in [0.5, 0.6) is 0 Å². The third kappa shape index (κ3) is 15.3. The average molecular weight is 530 g/mol. The van der Waals surface area contributed by atoms with Crippen molar-refractivity contribution in [2.45, 2.75) is 83.0 Å². The third-order valence-corrected chi connectivity index (χ3v) is 5.24. The number of rotatable bonds is 19. The summed E-state index contributed by atoms with van der Waals surface area (Å²) in [6.07, 6.45) is 1.41. The van der Waals surface area contributed by atoms with Crippen molar-refractivity contribution in [1.82, 2.24) is 16.0 Å². The first-order valence-electron chi connectivity index (χ1n) is 12.2. The Balaban J connectivity index is 5.66. The van der Waals surface area contributed by atoms with Crippen LogP contribution in [0.25, 0.3) is 0 Å². The van der Waals surface area contributed by atoms with E-state index >= 15 is 0 Å². The van der Waals surface area contributed by atoms with Gasteiger partial charge in [-0.25, -0.2) is 4.79 Å². The van der Waals surface area contributed by atoms with Crippen LogP contribution < -0.4 is 44.6 Å². The summed E-state index contributed by atoms with van der Waals surface area (Å²) in [4.78, 5) is 65.1. The van der Waals surface area contributed by atoms with Crippen LogP contribution in [0.15, 0.2) is 4.99 Å². The zero-order valence-electron chi connectivity index (χ0n) is 21.6. The number of nitrogens with one attached hydrogen (secondary N) is 3. The molecule has 0 radical (unpaired) electrons. The zero-order valence-corrected chi connectivity index (χ0v) is 21.6. The number of guanidine groups is 1. The molecule has 0 aromatic heterocycles. The highest BCUT2D eigenvalue weighted by Crippen LogP contribution is 2.08. The number of aliphatic imine (C=N–C) groups is 1. The molecule has 37 heavy (non-hydrogen) atoms. The van der Waals surface area contributed by atoms with Crippen LogP contribution in [-0.2, 0) is 24.0 Å². The van der Waals surface area contributed by atoms with E-state index in [1.165, 1.54) is 0 Å². The maximum atomic E-state index is 13.1. The van der Waals surface area contributed by atoms with E-state index in [4.69, 9.17) is 28.7 Å². The molecular formula is C22H43N9O6. The van der Waals surface area contributed by atoms with E-state index in [0.29, 0.717) is 25.8 Å². The second kappa shape index (κ2) is 17.9. The molecule has 14 N–H and O–H groups in total. The van der Waals surface area contributed by atoms with Gasteiger partial charge in [0.25, 0.3) is 0 Å². The van der Waals surface area contributed by atoms with Gasteiger partial charge in [0.2, 0.25) is 23.6 Å². The molecule has 0 aromatic rings. The van der Waals surface area contributed by atoms with Gasteiger partial charge in [-0.3, -0.25) is 24.2 Å². The van der Waals surface area contributed by atoms with Gasteiger partial charge in [-0.1, -0.05) is 13.8 Å². The summed E-state index contributed by atoms with van der Waals surface area (Å²) in [5, 5.41) is 17.0. The number of carbonyl (C=O) groups is 5. The van der Waals surface area contributed by atoms with Crippen molar-refractivity contribution >= 4 is 35.6 Å². The standard InChI is InChI=1S/C22H43N9O6/c1-12(2)10-16(21(36)37)31-20(35)15(7-5-9-28-22(26)27)30-19(34)14(6-3-4-8-23)29-18(33)13(24)11-17(25)32/h12-16H,3-11,23-24H2,1-2H3,(H2,25,32)(H,29,33)(H,30,34)(H,31,35)(H,36,37)(H4,26,27,28). The topological polar surface area (TPSA) is 284 Å². The van der Waals surface area contributed by atoms with Gasteiger partial charge in [-0.05, 0) is 51.0 Å². The molecule has 0 bridgehead atoms. The minimum Gasteiger partial charge on any atom is -0.480 e. The molecule has 4 atom stereocenters. The highest BCUT2D eigenvalue weighted by molar-refractivity contribution is 5.95. The van der Waals surface area contributed by atoms with Gasteiger partial charge in [0.1, 0.15) is 18.1 Å². The number of primary amides is 1. The summed E-state index contributed by atoms with van der Waals surface area (Å²) < 4.78 is 0. The molecule has 4 unspecified atom stereocenters. The van der Waals surface area contributed by atoms with E-state index in [0.717, 1.165) is 0 Å². The second-order valence-corrected chi connectivity index (χ2v) is 9.16. The van der Waals surface area contributed by atoms with Crippen molar-refractivity contribution in [2.75, 3.05) is 13.1 Å². The zero-order chi connectivity index (χ0) is 28.5. The highest BCUT2D eigenvalue weighted by atomic mass is 16.4. The van der Waals surface area contributed by atoms with Crippen LogP contribution >= 0.6 is 0 Å². The number of nitrogens with zero attached hydrogens (tertiary/aromatic N) is 1. The molecule has 0 aliphatic rings. The van der Waals surface area contributed by atoms with E-state index in [1.807, 2.05) is 13.8 Å². The lowest BCUT2D eigenvalue weighted by Gasteiger charge is -2.25. The van der Waals surface area contributed by atoms with Crippen molar-refractivity contribution in [1.29, 1.82) is 0 Å². The number of hydrogen-bond donors (Lipinski definition) is 9. The Bertz CT molecular complexity index is 802. The molecule has 15 nitrogen and oxygen atoms in total. The Morgan fingerprint density at radius 1 is 0.811 bits per heavy atom. The molecule has 15 heteroatoms. The van der Waals surface area contributed by atoms with Crippen molar-refractivity contribution in [2.24, 2.45) is 39.6 Å². The van der Waals surface area contributed by atoms with Crippen LogP contribution in [0, 0.1) is 5.92 Å². The fourth-order valence-electron chi connectivity index (χ4n) is 3.36. The van der Waals surface area contributed by atoms with Gasteiger partial charge in [0, 0.05) is 6.54 Å². The minimum atomic E-state index is -1.26. The molecule has 0 rings (SSSR count). The number of carboxylic acids is 1. The molecule has 0 heterocycles. The summed E-state index contributed by atoms with van der Waals surface area (Å²) in [7, 11) is 0. The van der Waals surface area contributed by atoms with Gasteiger partial charge in [0.15, 0.2) is 5.96 Å². The number of aliphatic carboxylic acids is 1. The van der Waals surface area contributed by atoms with Gasteiger partial charge in [0.05, 0.1) is 12.5 Å². The molecule has 0 saturated carbocycles. The molecule has 0 spiro atoms. The Kier molecular flexibility index (Phi) is 16.2. The largest absolute Gasteiger partial charge is 0.480 e. The molecule has 4 amide bonds. The Morgan fingerprint density at radius 2 is 1.32 bits per heavy atom. The van der Waals surface area contributed by atoms with Crippen LogP contribution in [0.3, 0.4) is 0 Å². The summed E-state index contributed by atoms with van der Waals surface area (Å²) in [6.45, 7) is 4.17. The van der Waals surface area contributed by atoms with E-state index in [9.17, 15) is 29.1 Å². The smallest absolute Gasteiger partial charge is 0.326 e. The Hall–Kier alpha value is -3.46. The summed E-state index contributed by atoms with van der Waals surface area (Å²) in [5.74, 6) is -4.28. The monoisotopic (exact) mass is 529 g/mol. The number of unbranched alkanes of at least 4 members (excludes halogenated alkanes) is 1. The van der Waals surface area contributed by atoms with Crippen LogP contribution in [-0.4, -0.2) is 77.9 Å². The predicted molar refractivity (Wildman–Crippen MR) is 137 cm³/mol. The summed E-state index contributed by atoms with van der Waals surface area (Å²) in [6, 6.07) is -4.63. The lowest BCUT2D eigenvalue weighted by atomic mass is 10.0. The fraction of sp³-hybridized carbons (Fsp3) is 0.727. The number of carbonyl (C=O) groups excluding carboxylic acids is 4. The van der Waals surface area contributed by atoms with Crippen LogP contribution in [0.1, 0.15) is 58.8 Å². The second-order valence-electron chi connectivity index (χ2n) is 9.16. The average Bonchev–Trinajstić information content (AvgIpc) is 2.78. The van der Waals surface area contributed by atoms with Crippen molar-refractivity contribution < 1.29 is 29.1 Å². The van der Waals surface area contributed by atoms with Gasteiger partial charge < -0.3 is 49.7 Å². The molecule has 0 aliphatic carbocycles.